The van der Waals surface area contributed by atoms with Crippen molar-refractivity contribution in [3.8, 4) is 11.5 Å². The van der Waals surface area contributed by atoms with Crippen molar-refractivity contribution in [1.82, 2.24) is 10.2 Å². The van der Waals surface area contributed by atoms with Crippen LogP contribution in [0.5, 0.6) is 0 Å². The number of aryl methyl sites for hydroxylation is 3. The van der Waals surface area contributed by atoms with Crippen molar-refractivity contribution in [3.05, 3.63) is 64.7 Å². The van der Waals surface area contributed by atoms with Crippen LogP contribution in [0.4, 0.5) is 6.01 Å². The smallest absolute Gasteiger partial charge is 0.322 e. The topological polar surface area (TPSA) is 68.0 Å². The summed E-state index contributed by atoms with van der Waals surface area (Å²) in [5.41, 5.74) is 5.18. The molecule has 0 spiro atoms. The highest BCUT2D eigenvalue weighted by atomic mass is 16.4. The molecular weight excluding hydrogens is 314 g/mol. The van der Waals surface area contributed by atoms with E-state index in [0.717, 1.165) is 24.0 Å². The van der Waals surface area contributed by atoms with Crippen LogP contribution in [-0.4, -0.2) is 16.1 Å². The minimum Gasteiger partial charge on any atom is -0.403 e. The molecule has 5 nitrogen and oxygen atoms in total. The molecule has 3 aromatic rings. The standard InChI is InChI=1S/C20H19N3O2/c1-13-5-4-8-17(11-13)19-22-23-20(25-19)21-18(24)16-10-9-14-6-2-3-7-15(14)12-16/h4-5,8-12H,2-3,6-7H2,1H3,(H,21,23,24). The van der Waals surface area contributed by atoms with Gasteiger partial charge in [-0.25, -0.2) is 0 Å². The highest BCUT2D eigenvalue weighted by Gasteiger charge is 2.15. The lowest BCUT2D eigenvalue weighted by Crippen LogP contribution is -2.13. The van der Waals surface area contributed by atoms with Gasteiger partial charge in [-0.1, -0.05) is 28.9 Å². The number of carbonyl (C=O) groups excluding carboxylic acids is 1. The Bertz CT molecular complexity index is 930. The van der Waals surface area contributed by atoms with Crippen molar-refractivity contribution in [1.29, 1.82) is 0 Å². The van der Waals surface area contributed by atoms with Crippen LogP contribution in [0.25, 0.3) is 11.5 Å². The van der Waals surface area contributed by atoms with Crippen molar-refractivity contribution in [2.75, 3.05) is 5.32 Å². The lowest BCUT2D eigenvalue weighted by molar-refractivity contribution is 0.102. The van der Waals surface area contributed by atoms with Gasteiger partial charge >= 0.3 is 6.01 Å². The van der Waals surface area contributed by atoms with Crippen molar-refractivity contribution >= 4 is 11.9 Å². The Morgan fingerprint density at radius 1 is 1.04 bits per heavy atom. The summed E-state index contributed by atoms with van der Waals surface area (Å²) in [7, 11) is 0. The summed E-state index contributed by atoms with van der Waals surface area (Å²) >= 11 is 0. The third-order valence-corrected chi connectivity index (χ3v) is 4.52. The molecule has 0 saturated carbocycles. The first-order valence-corrected chi connectivity index (χ1v) is 8.53. The minimum absolute atomic E-state index is 0.110. The van der Waals surface area contributed by atoms with E-state index in [-0.39, 0.29) is 11.9 Å². The van der Waals surface area contributed by atoms with Crippen LogP contribution in [0.15, 0.2) is 46.9 Å². The molecule has 1 aliphatic rings. The lowest BCUT2D eigenvalue weighted by Gasteiger charge is -2.16. The maximum atomic E-state index is 12.5. The van der Waals surface area contributed by atoms with Crippen LogP contribution in [0.2, 0.25) is 0 Å². The number of nitrogens with one attached hydrogen (secondary N) is 1. The van der Waals surface area contributed by atoms with Gasteiger partial charge in [-0.15, -0.1) is 5.10 Å². The van der Waals surface area contributed by atoms with Crippen LogP contribution in [0, 0.1) is 6.92 Å². The molecule has 1 aliphatic carbocycles. The Kier molecular flexibility index (Phi) is 4.06. The number of hydrogen-bond donors (Lipinski definition) is 1. The van der Waals surface area contributed by atoms with Gasteiger partial charge in [0.2, 0.25) is 5.89 Å². The fourth-order valence-corrected chi connectivity index (χ4v) is 3.21. The third kappa shape index (κ3) is 3.31. The average molecular weight is 333 g/mol. The summed E-state index contributed by atoms with van der Waals surface area (Å²) in [4.78, 5) is 12.5. The summed E-state index contributed by atoms with van der Waals surface area (Å²) in [5.74, 6) is 0.164. The Hall–Kier alpha value is -2.95. The number of hydrogen-bond acceptors (Lipinski definition) is 4. The molecule has 5 heteroatoms. The predicted molar refractivity (Wildman–Crippen MR) is 95.5 cm³/mol. The monoisotopic (exact) mass is 333 g/mol. The molecule has 4 rings (SSSR count). The number of fused-ring (bicyclic) bond motifs is 1. The number of anilines is 1. The molecule has 0 atom stereocenters. The van der Waals surface area contributed by atoms with Crippen molar-refractivity contribution in [3.63, 3.8) is 0 Å². The number of benzene rings is 2. The van der Waals surface area contributed by atoms with E-state index < -0.39 is 0 Å². The number of nitrogens with zero attached hydrogens (tertiary/aromatic N) is 2. The van der Waals surface area contributed by atoms with E-state index in [1.165, 1.54) is 24.0 Å². The zero-order chi connectivity index (χ0) is 17.2. The van der Waals surface area contributed by atoms with Crippen molar-refractivity contribution in [2.24, 2.45) is 0 Å². The Labute approximate surface area is 146 Å². The molecule has 126 valence electrons. The van der Waals surface area contributed by atoms with Crippen LogP contribution in [0.3, 0.4) is 0 Å². The molecule has 0 aliphatic heterocycles. The number of rotatable bonds is 3. The molecule has 1 aromatic heterocycles. The van der Waals surface area contributed by atoms with Crippen LogP contribution in [-0.2, 0) is 12.8 Å². The first-order valence-electron chi connectivity index (χ1n) is 8.53. The average Bonchev–Trinajstić information content (AvgIpc) is 3.10. The summed E-state index contributed by atoms with van der Waals surface area (Å²) < 4.78 is 5.58. The van der Waals surface area contributed by atoms with E-state index in [1.54, 1.807) is 0 Å². The van der Waals surface area contributed by atoms with Gasteiger partial charge in [-0.2, -0.15) is 0 Å². The van der Waals surface area contributed by atoms with E-state index in [2.05, 4.69) is 21.6 Å². The highest BCUT2D eigenvalue weighted by Crippen LogP contribution is 2.24. The molecule has 1 amide bonds. The molecule has 0 fully saturated rings. The molecule has 0 radical (unpaired) electrons. The van der Waals surface area contributed by atoms with Gasteiger partial charge in [-0.05, 0) is 68.0 Å². The van der Waals surface area contributed by atoms with Crippen molar-refractivity contribution in [2.45, 2.75) is 32.6 Å². The Balaban J connectivity index is 1.52. The van der Waals surface area contributed by atoms with E-state index in [4.69, 9.17) is 4.42 Å². The fourth-order valence-electron chi connectivity index (χ4n) is 3.21. The fraction of sp³-hybridized carbons (Fsp3) is 0.250. The molecular formula is C20H19N3O2. The number of carbonyl (C=O) groups is 1. The lowest BCUT2D eigenvalue weighted by atomic mass is 9.90. The predicted octanol–water partition coefficient (Wildman–Crippen LogP) is 4.18. The van der Waals surface area contributed by atoms with E-state index >= 15 is 0 Å². The second-order valence-electron chi connectivity index (χ2n) is 6.43. The van der Waals surface area contributed by atoms with E-state index in [1.807, 2.05) is 43.3 Å². The zero-order valence-corrected chi connectivity index (χ0v) is 14.1. The summed E-state index contributed by atoms with van der Waals surface area (Å²) in [6.45, 7) is 2.00. The Morgan fingerprint density at radius 2 is 1.88 bits per heavy atom. The maximum absolute atomic E-state index is 12.5. The normalized spacial score (nSPS) is 13.3. The number of aromatic nitrogens is 2. The summed E-state index contributed by atoms with van der Waals surface area (Å²) in [6.07, 6.45) is 4.54. The van der Waals surface area contributed by atoms with Gasteiger partial charge in [-0.3, -0.25) is 10.1 Å². The largest absolute Gasteiger partial charge is 0.403 e. The quantitative estimate of drug-likeness (QED) is 0.781. The van der Waals surface area contributed by atoms with Crippen LogP contribution < -0.4 is 5.32 Å². The highest BCUT2D eigenvalue weighted by molar-refractivity contribution is 6.03. The van der Waals surface area contributed by atoms with Gasteiger partial charge in [0.1, 0.15) is 0 Å². The molecule has 25 heavy (non-hydrogen) atoms. The van der Waals surface area contributed by atoms with Crippen LogP contribution in [0.1, 0.15) is 39.9 Å². The van der Waals surface area contributed by atoms with E-state index in [9.17, 15) is 4.79 Å². The number of amides is 1. The van der Waals surface area contributed by atoms with Crippen LogP contribution >= 0.6 is 0 Å². The first kappa shape index (κ1) is 15.6. The minimum atomic E-state index is -0.229. The second-order valence-corrected chi connectivity index (χ2v) is 6.43. The Morgan fingerprint density at radius 3 is 2.72 bits per heavy atom. The maximum Gasteiger partial charge on any atom is 0.322 e. The van der Waals surface area contributed by atoms with Gasteiger partial charge in [0.25, 0.3) is 5.91 Å². The zero-order valence-electron chi connectivity index (χ0n) is 14.1. The SMILES string of the molecule is Cc1cccc(-c2nnc(NC(=O)c3ccc4c(c3)CCCC4)o2)c1. The summed E-state index contributed by atoms with van der Waals surface area (Å²) in [6, 6.07) is 13.8. The summed E-state index contributed by atoms with van der Waals surface area (Å²) in [5, 5.41) is 10.6. The molecule has 0 unspecified atom stereocenters. The van der Waals surface area contributed by atoms with Gasteiger partial charge in [0.15, 0.2) is 0 Å². The van der Waals surface area contributed by atoms with E-state index in [0.29, 0.717) is 11.5 Å². The molecule has 0 saturated heterocycles. The molecule has 0 bridgehead atoms. The van der Waals surface area contributed by atoms with Gasteiger partial charge in [0.05, 0.1) is 0 Å². The second kappa shape index (κ2) is 6.51. The molecule has 1 heterocycles. The third-order valence-electron chi connectivity index (χ3n) is 4.52. The first-order chi connectivity index (χ1) is 12.2. The van der Waals surface area contributed by atoms with Gasteiger partial charge < -0.3 is 4.42 Å². The van der Waals surface area contributed by atoms with Gasteiger partial charge in [0, 0.05) is 11.1 Å². The molecule has 2 aromatic carbocycles. The van der Waals surface area contributed by atoms with Crippen molar-refractivity contribution < 1.29 is 9.21 Å². The molecule has 1 N–H and O–H groups in total.